The first kappa shape index (κ1) is 19.6. The number of hydrogen-bond acceptors (Lipinski definition) is 5. The Labute approximate surface area is 162 Å². The molecule has 2 aliphatic rings. The highest BCUT2D eigenvalue weighted by atomic mass is 35.6. The third-order valence-corrected chi connectivity index (χ3v) is 4.82. The van der Waals surface area contributed by atoms with Crippen molar-refractivity contribution in [3.05, 3.63) is 0 Å². The Morgan fingerprint density at radius 1 is 1.17 bits per heavy atom. The van der Waals surface area contributed by atoms with Gasteiger partial charge in [0.2, 0.25) is 0 Å². The minimum absolute atomic E-state index is 0.121. The highest BCUT2D eigenvalue weighted by Gasteiger charge is 2.39. The molecule has 2 heterocycles. The van der Waals surface area contributed by atoms with Crippen LogP contribution in [0.25, 0.3) is 0 Å². The van der Waals surface area contributed by atoms with E-state index >= 15 is 0 Å². The Kier molecular flexibility index (Phi) is 5.88. The smallest absolute Gasteiger partial charge is 0.333 e. The molecule has 0 aromatic rings. The van der Waals surface area contributed by atoms with Crippen LogP contribution in [0.4, 0.5) is 0 Å². The second-order valence-corrected chi connectivity index (χ2v) is 10.4. The molecule has 7 nitrogen and oxygen atoms in total. The molecule has 0 saturated carbocycles. The number of carbonyl (C=O) groups excluding carboxylic acids is 1. The van der Waals surface area contributed by atoms with E-state index in [0.29, 0.717) is 13.1 Å². The van der Waals surface area contributed by atoms with Crippen molar-refractivity contribution in [3.63, 3.8) is 0 Å². The molecule has 1 atom stereocenters. The molecule has 130 valence electrons. The van der Waals surface area contributed by atoms with E-state index < -0.39 is 29.5 Å². The topological polar surface area (TPSA) is 83.7 Å². The Morgan fingerprint density at radius 2 is 1.74 bits per heavy atom. The number of carbonyl (C=O) groups is 1. The van der Waals surface area contributed by atoms with Gasteiger partial charge in [-0.1, -0.05) is 69.6 Å². The summed E-state index contributed by atoms with van der Waals surface area (Å²) in [6.45, 7) is 1.17. The van der Waals surface area contributed by atoms with Gasteiger partial charge in [0.25, 0.3) is 7.59 Å². The van der Waals surface area contributed by atoms with Gasteiger partial charge >= 0.3 is 22.1 Å². The van der Waals surface area contributed by atoms with E-state index in [1.165, 1.54) is 0 Å². The Hall–Kier alpha value is 0.300. The average Bonchev–Trinajstić information content (AvgIpc) is 2.89. The van der Waals surface area contributed by atoms with E-state index in [1.807, 2.05) is 0 Å². The highest BCUT2D eigenvalue weighted by Crippen LogP contribution is 2.33. The molecule has 0 aromatic heterocycles. The summed E-state index contributed by atoms with van der Waals surface area (Å²) in [4.78, 5) is 17.3. The van der Waals surface area contributed by atoms with Gasteiger partial charge in [-0.3, -0.25) is 4.79 Å². The highest BCUT2D eigenvalue weighted by molar-refractivity contribution is 7.88. The van der Waals surface area contributed by atoms with E-state index in [9.17, 15) is 9.00 Å². The van der Waals surface area contributed by atoms with Gasteiger partial charge in [0.1, 0.15) is 0 Å². The molecular formula is C9H8Cl6N4O3S. The Morgan fingerprint density at radius 3 is 2.22 bits per heavy atom. The quantitative estimate of drug-likeness (QED) is 0.514. The molecule has 0 spiro atoms. The molecule has 0 N–H and O–H groups in total. The first-order valence-corrected chi connectivity index (χ1v) is 9.66. The first-order valence-electron chi connectivity index (χ1n) is 5.99. The lowest BCUT2D eigenvalue weighted by Crippen LogP contribution is -2.37. The van der Waals surface area contributed by atoms with Crippen LogP contribution in [-0.4, -0.2) is 47.5 Å². The lowest BCUT2D eigenvalue weighted by atomic mass is 10.4. The largest absolute Gasteiger partial charge is 0.342 e. The lowest BCUT2D eigenvalue weighted by molar-refractivity contribution is -0.116. The standard InChI is InChI=1S/C9H8Cl6N4O3S/c10-8(11,12)5-16-7(19-3-1-2-4-19)22-23(21,17-5)18-6(20)9(13,14)15/h1-4H2. The van der Waals surface area contributed by atoms with Crippen molar-refractivity contribution >= 4 is 97.6 Å². The van der Waals surface area contributed by atoms with E-state index in [2.05, 4.69) is 13.8 Å². The van der Waals surface area contributed by atoms with Crippen LogP contribution in [0.1, 0.15) is 12.8 Å². The predicted molar refractivity (Wildman–Crippen MR) is 92.9 cm³/mol. The molecule has 23 heavy (non-hydrogen) atoms. The van der Waals surface area contributed by atoms with Crippen LogP contribution >= 0.6 is 69.6 Å². The average molecular weight is 465 g/mol. The molecule has 1 saturated heterocycles. The van der Waals surface area contributed by atoms with E-state index in [-0.39, 0.29) is 6.02 Å². The fourth-order valence-electron chi connectivity index (χ4n) is 1.70. The van der Waals surface area contributed by atoms with E-state index in [0.717, 1.165) is 12.8 Å². The number of halogens is 6. The molecule has 0 aromatic carbocycles. The van der Waals surface area contributed by atoms with Crippen LogP contribution in [-0.2, 0) is 19.2 Å². The summed E-state index contributed by atoms with van der Waals surface area (Å²) in [5, 5.41) is 0. The van der Waals surface area contributed by atoms with E-state index in [4.69, 9.17) is 73.8 Å². The monoisotopic (exact) mass is 462 g/mol. The number of likely N-dealkylation sites (tertiary alicyclic amines) is 1. The molecule has 1 amide bonds. The minimum Gasteiger partial charge on any atom is -0.342 e. The normalized spacial score (nSPS) is 25.6. The summed E-state index contributed by atoms with van der Waals surface area (Å²) in [6, 6.07) is -0.121. The van der Waals surface area contributed by atoms with Gasteiger partial charge in [0.05, 0.1) is 0 Å². The number of amides is 1. The van der Waals surface area contributed by atoms with Gasteiger partial charge in [-0.05, 0) is 12.8 Å². The third kappa shape index (κ3) is 5.14. The maximum absolute atomic E-state index is 12.6. The maximum Gasteiger partial charge on any atom is 0.333 e. The van der Waals surface area contributed by atoms with Gasteiger partial charge in [0.15, 0.2) is 5.84 Å². The molecule has 1 unspecified atom stereocenters. The first-order chi connectivity index (χ1) is 10.4. The molecule has 0 aliphatic carbocycles. The summed E-state index contributed by atoms with van der Waals surface area (Å²) in [5.74, 6) is -1.77. The molecule has 0 bridgehead atoms. The van der Waals surface area contributed by atoms with Crippen molar-refractivity contribution in [3.8, 4) is 0 Å². The number of nitrogens with zero attached hydrogens (tertiary/aromatic N) is 4. The van der Waals surface area contributed by atoms with Gasteiger partial charge < -0.3 is 9.08 Å². The fourth-order valence-corrected chi connectivity index (χ4v) is 3.57. The van der Waals surface area contributed by atoms with Gasteiger partial charge in [-0.2, -0.15) is 9.20 Å². The second kappa shape index (κ2) is 6.90. The molecule has 2 rings (SSSR count). The number of rotatable bonds is 0. The molecule has 2 aliphatic heterocycles. The van der Waals surface area contributed by atoms with Gasteiger partial charge in [0, 0.05) is 13.1 Å². The van der Waals surface area contributed by atoms with Crippen molar-refractivity contribution < 1.29 is 13.2 Å². The molecule has 14 heteroatoms. The van der Waals surface area contributed by atoms with Crippen LogP contribution in [0.3, 0.4) is 0 Å². The Balaban J connectivity index is 2.47. The summed E-state index contributed by atoms with van der Waals surface area (Å²) >= 11 is 33.4. The zero-order valence-corrected chi connectivity index (χ0v) is 16.4. The zero-order valence-electron chi connectivity index (χ0n) is 11.0. The maximum atomic E-state index is 12.6. The van der Waals surface area contributed by atoms with Crippen LogP contribution in [0.15, 0.2) is 13.8 Å². The summed E-state index contributed by atoms with van der Waals surface area (Å²) in [5.41, 5.74) is 0. The van der Waals surface area contributed by atoms with Crippen LogP contribution < -0.4 is 0 Å². The van der Waals surface area contributed by atoms with Crippen molar-refractivity contribution in [2.45, 2.75) is 20.4 Å². The molecular weight excluding hydrogens is 457 g/mol. The number of amidine groups is 2. The summed E-state index contributed by atoms with van der Waals surface area (Å²) in [6.07, 6.45) is 1.74. The van der Waals surface area contributed by atoms with Gasteiger partial charge in [-0.15, -0.1) is 8.76 Å². The number of hydrogen-bond donors (Lipinski definition) is 0. The van der Waals surface area contributed by atoms with Crippen LogP contribution in [0.2, 0.25) is 0 Å². The van der Waals surface area contributed by atoms with Crippen LogP contribution in [0, 0.1) is 0 Å². The summed E-state index contributed by atoms with van der Waals surface area (Å²) in [7, 11) is -4.01. The van der Waals surface area contributed by atoms with Crippen molar-refractivity contribution in [1.82, 2.24) is 4.90 Å². The molecule has 0 radical (unpaired) electrons. The minimum atomic E-state index is -4.01. The van der Waals surface area contributed by atoms with Crippen LogP contribution in [0.5, 0.6) is 0 Å². The SMILES string of the molecule is O=C(N=S1(=O)N=C(C(Cl)(Cl)Cl)N=C(N2CCCC2)O1)C(Cl)(Cl)Cl. The Bertz CT molecular complexity index is 682. The fraction of sp³-hybridized carbons (Fsp3) is 0.667. The lowest BCUT2D eigenvalue weighted by Gasteiger charge is -2.24. The molecule has 1 fully saturated rings. The third-order valence-electron chi connectivity index (χ3n) is 2.66. The predicted octanol–water partition coefficient (Wildman–Crippen LogP) is 3.43. The van der Waals surface area contributed by atoms with E-state index in [1.54, 1.807) is 4.90 Å². The van der Waals surface area contributed by atoms with Crippen molar-refractivity contribution in [1.29, 1.82) is 0 Å². The van der Waals surface area contributed by atoms with Crippen molar-refractivity contribution in [2.24, 2.45) is 13.8 Å². The zero-order chi connectivity index (χ0) is 17.5. The number of alkyl halides is 6. The van der Waals surface area contributed by atoms with Gasteiger partial charge in [-0.25, -0.2) is 0 Å². The number of aliphatic imine (C=N–C) groups is 1. The second-order valence-electron chi connectivity index (χ2n) is 4.43. The van der Waals surface area contributed by atoms with Crippen molar-refractivity contribution in [2.75, 3.05) is 13.1 Å². The summed E-state index contributed by atoms with van der Waals surface area (Å²) < 4.78 is 20.0.